The van der Waals surface area contributed by atoms with Gasteiger partial charge in [-0.1, -0.05) is 6.07 Å². The molecule has 1 amide bonds. The SMILES string of the molecule is COc1cc(OC)cc(C(=O)NN=Cc2ccc(-c3ccc(C)cc3[N+](=O)[O-])o2)c1. The second kappa shape index (κ2) is 8.91. The van der Waals surface area contributed by atoms with Crippen LogP contribution in [0.2, 0.25) is 0 Å². The molecule has 0 fully saturated rings. The highest BCUT2D eigenvalue weighted by atomic mass is 16.6. The molecule has 1 aromatic heterocycles. The molecular weight excluding hydrogens is 390 g/mol. The van der Waals surface area contributed by atoms with Crippen molar-refractivity contribution in [1.82, 2.24) is 5.43 Å². The molecule has 0 aliphatic rings. The first-order chi connectivity index (χ1) is 14.4. The molecule has 0 bridgehead atoms. The van der Waals surface area contributed by atoms with E-state index >= 15 is 0 Å². The van der Waals surface area contributed by atoms with Crippen LogP contribution in [0.3, 0.4) is 0 Å². The number of ether oxygens (including phenoxy) is 2. The summed E-state index contributed by atoms with van der Waals surface area (Å²) in [5.41, 5.74) is 3.78. The Kier molecular flexibility index (Phi) is 6.11. The highest BCUT2D eigenvalue weighted by molar-refractivity contribution is 5.95. The molecule has 2 aromatic carbocycles. The Labute approximate surface area is 172 Å². The van der Waals surface area contributed by atoms with E-state index in [1.165, 1.54) is 26.5 Å². The normalized spacial score (nSPS) is 10.8. The smallest absolute Gasteiger partial charge is 0.280 e. The molecule has 9 heteroatoms. The molecule has 1 heterocycles. The number of nitro benzene ring substituents is 1. The van der Waals surface area contributed by atoms with E-state index in [1.54, 1.807) is 49.4 Å². The Morgan fingerprint density at radius 3 is 2.43 bits per heavy atom. The van der Waals surface area contributed by atoms with Gasteiger partial charge in [-0.3, -0.25) is 14.9 Å². The van der Waals surface area contributed by atoms with Crippen molar-refractivity contribution in [2.75, 3.05) is 14.2 Å². The summed E-state index contributed by atoms with van der Waals surface area (Å²) in [5.74, 6) is 1.12. The van der Waals surface area contributed by atoms with Gasteiger partial charge < -0.3 is 13.9 Å². The molecule has 0 saturated carbocycles. The van der Waals surface area contributed by atoms with Gasteiger partial charge in [0.05, 0.1) is 30.9 Å². The predicted molar refractivity (Wildman–Crippen MR) is 110 cm³/mol. The van der Waals surface area contributed by atoms with Crippen molar-refractivity contribution in [1.29, 1.82) is 0 Å². The van der Waals surface area contributed by atoms with Gasteiger partial charge in [-0.2, -0.15) is 5.10 Å². The maximum atomic E-state index is 12.3. The summed E-state index contributed by atoms with van der Waals surface area (Å²) in [7, 11) is 2.98. The summed E-state index contributed by atoms with van der Waals surface area (Å²) in [6.07, 6.45) is 1.30. The molecule has 30 heavy (non-hydrogen) atoms. The third-order valence-electron chi connectivity index (χ3n) is 4.21. The van der Waals surface area contributed by atoms with Crippen LogP contribution in [-0.4, -0.2) is 31.3 Å². The number of benzene rings is 2. The first kappa shape index (κ1) is 20.6. The zero-order valence-corrected chi connectivity index (χ0v) is 16.5. The summed E-state index contributed by atoms with van der Waals surface area (Å²) in [6.45, 7) is 1.78. The Morgan fingerprint density at radius 2 is 1.80 bits per heavy atom. The number of amides is 1. The van der Waals surface area contributed by atoms with Gasteiger partial charge >= 0.3 is 0 Å². The van der Waals surface area contributed by atoms with E-state index < -0.39 is 10.8 Å². The van der Waals surface area contributed by atoms with Crippen LogP contribution in [0, 0.1) is 17.0 Å². The standard InChI is InChI=1S/C21H19N3O6/c1-13-4-6-18(19(8-13)24(26)27)20-7-5-15(30-20)12-22-23-21(25)14-9-16(28-2)11-17(10-14)29-3/h4-12H,1-3H3,(H,23,25). The van der Waals surface area contributed by atoms with Gasteiger partial charge in [0, 0.05) is 17.7 Å². The van der Waals surface area contributed by atoms with Gasteiger partial charge in [0.25, 0.3) is 11.6 Å². The molecular formula is C21H19N3O6. The van der Waals surface area contributed by atoms with E-state index in [0.29, 0.717) is 34.1 Å². The van der Waals surface area contributed by atoms with Crippen LogP contribution >= 0.6 is 0 Å². The van der Waals surface area contributed by atoms with Crippen molar-refractivity contribution in [3.63, 3.8) is 0 Å². The number of hydrogen-bond donors (Lipinski definition) is 1. The fraction of sp³-hybridized carbons (Fsp3) is 0.143. The molecule has 0 aliphatic carbocycles. The molecule has 0 atom stereocenters. The number of aryl methyl sites for hydroxylation is 1. The summed E-state index contributed by atoms with van der Waals surface area (Å²) < 4.78 is 15.9. The molecule has 3 rings (SSSR count). The van der Waals surface area contributed by atoms with Crippen molar-refractivity contribution in [2.45, 2.75) is 6.92 Å². The van der Waals surface area contributed by atoms with Gasteiger partial charge in [-0.05, 0) is 42.8 Å². The molecule has 0 unspecified atom stereocenters. The molecule has 3 aromatic rings. The maximum Gasteiger partial charge on any atom is 0.280 e. The predicted octanol–water partition coefficient (Wildman–Crippen LogP) is 3.94. The topological polar surface area (TPSA) is 116 Å². The Balaban J connectivity index is 1.74. The summed E-state index contributed by atoms with van der Waals surface area (Å²) >= 11 is 0. The fourth-order valence-corrected chi connectivity index (χ4v) is 2.73. The average molecular weight is 409 g/mol. The molecule has 0 aliphatic heterocycles. The number of carbonyl (C=O) groups excluding carboxylic acids is 1. The van der Waals surface area contributed by atoms with Crippen molar-refractivity contribution >= 4 is 17.8 Å². The molecule has 9 nitrogen and oxygen atoms in total. The van der Waals surface area contributed by atoms with Crippen molar-refractivity contribution in [3.05, 3.63) is 75.5 Å². The van der Waals surface area contributed by atoms with E-state index in [2.05, 4.69) is 10.5 Å². The van der Waals surface area contributed by atoms with Crippen LogP contribution in [0.5, 0.6) is 11.5 Å². The Morgan fingerprint density at radius 1 is 1.10 bits per heavy atom. The van der Waals surface area contributed by atoms with E-state index in [-0.39, 0.29) is 5.69 Å². The van der Waals surface area contributed by atoms with Crippen molar-refractivity contribution in [3.8, 4) is 22.8 Å². The van der Waals surface area contributed by atoms with E-state index in [0.717, 1.165) is 5.56 Å². The van der Waals surface area contributed by atoms with Crippen molar-refractivity contribution in [2.24, 2.45) is 5.10 Å². The van der Waals surface area contributed by atoms with E-state index in [4.69, 9.17) is 13.9 Å². The van der Waals surface area contributed by atoms with Gasteiger partial charge in [0.2, 0.25) is 0 Å². The monoisotopic (exact) mass is 409 g/mol. The minimum absolute atomic E-state index is 0.0480. The summed E-state index contributed by atoms with van der Waals surface area (Å²) in [5, 5.41) is 15.2. The quantitative estimate of drug-likeness (QED) is 0.359. The first-order valence-corrected chi connectivity index (χ1v) is 8.83. The second-order valence-electron chi connectivity index (χ2n) is 6.28. The second-order valence-corrected chi connectivity index (χ2v) is 6.28. The zero-order valence-electron chi connectivity index (χ0n) is 16.5. The minimum atomic E-state index is -0.468. The number of furan rings is 1. The summed E-state index contributed by atoms with van der Waals surface area (Å²) in [4.78, 5) is 23.2. The third-order valence-corrected chi connectivity index (χ3v) is 4.21. The fourth-order valence-electron chi connectivity index (χ4n) is 2.73. The largest absolute Gasteiger partial charge is 0.497 e. The number of hydrazone groups is 1. The third kappa shape index (κ3) is 4.64. The number of methoxy groups -OCH3 is 2. The number of nitro groups is 1. The lowest BCUT2D eigenvalue weighted by Crippen LogP contribution is -2.17. The Bertz CT molecular complexity index is 1100. The number of nitrogens with zero attached hydrogens (tertiary/aromatic N) is 2. The zero-order chi connectivity index (χ0) is 21.7. The van der Waals surface area contributed by atoms with Gasteiger partial charge in [0.1, 0.15) is 23.0 Å². The van der Waals surface area contributed by atoms with Crippen LogP contribution in [0.4, 0.5) is 5.69 Å². The number of rotatable bonds is 7. The number of carbonyl (C=O) groups is 1. The number of hydrogen-bond acceptors (Lipinski definition) is 7. The van der Waals surface area contributed by atoms with Crippen LogP contribution in [0.1, 0.15) is 21.7 Å². The van der Waals surface area contributed by atoms with Gasteiger partial charge in [0.15, 0.2) is 0 Å². The van der Waals surface area contributed by atoms with Gasteiger partial charge in [-0.15, -0.1) is 0 Å². The summed E-state index contributed by atoms with van der Waals surface area (Å²) in [6, 6.07) is 12.8. The number of nitrogens with one attached hydrogen (secondary N) is 1. The highest BCUT2D eigenvalue weighted by Gasteiger charge is 2.18. The van der Waals surface area contributed by atoms with Crippen LogP contribution in [-0.2, 0) is 0 Å². The van der Waals surface area contributed by atoms with Crippen LogP contribution < -0.4 is 14.9 Å². The minimum Gasteiger partial charge on any atom is -0.497 e. The van der Waals surface area contributed by atoms with Crippen molar-refractivity contribution < 1.29 is 23.6 Å². The van der Waals surface area contributed by atoms with Crippen LogP contribution in [0.15, 0.2) is 58.0 Å². The lowest BCUT2D eigenvalue weighted by Gasteiger charge is -2.07. The molecule has 0 saturated heterocycles. The molecule has 0 spiro atoms. The first-order valence-electron chi connectivity index (χ1n) is 8.83. The maximum absolute atomic E-state index is 12.3. The Hall–Kier alpha value is -4.14. The molecule has 0 radical (unpaired) electrons. The molecule has 154 valence electrons. The van der Waals surface area contributed by atoms with E-state index in [9.17, 15) is 14.9 Å². The lowest BCUT2D eigenvalue weighted by atomic mass is 10.1. The van der Waals surface area contributed by atoms with Crippen LogP contribution in [0.25, 0.3) is 11.3 Å². The van der Waals surface area contributed by atoms with Gasteiger partial charge in [-0.25, -0.2) is 5.43 Å². The highest BCUT2D eigenvalue weighted by Crippen LogP contribution is 2.31. The average Bonchev–Trinajstić information content (AvgIpc) is 3.21. The lowest BCUT2D eigenvalue weighted by molar-refractivity contribution is -0.384. The van der Waals surface area contributed by atoms with E-state index in [1.807, 2.05) is 0 Å². The molecule has 1 N–H and O–H groups in total.